The first kappa shape index (κ1) is 24.6. The minimum absolute atomic E-state index is 0. The lowest BCUT2D eigenvalue weighted by Gasteiger charge is -2.33. The van der Waals surface area contributed by atoms with E-state index in [-0.39, 0.29) is 47.3 Å². The van der Waals surface area contributed by atoms with Gasteiger partial charge in [-0.05, 0) is 31.9 Å². The Morgan fingerprint density at radius 2 is 2.11 bits per heavy atom. The summed E-state index contributed by atoms with van der Waals surface area (Å²) in [4.78, 5) is 22.2. The lowest BCUT2D eigenvalue weighted by Crippen LogP contribution is -2.47. The average Bonchev–Trinajstić information content (AvgIpc) is 2.70. The number of sulfonamides is 1. The second-order valence-corrected chi connectivity index (χ2v) is 7.87. The van der Waals surface area contributed by atoms with Crippen molar-refractivity contribution < 1.29 is 17.9 Å². The number of aromatic nitrogens is 1. The van der Waals surface area contributed by atoms with Crippen LogP contribution in [-0.2, 0) is 19.6 Å². The van der Waals surface area contributed by atoms with Crippen LogP contribution < -0.4 is 10.0 Å². The Labute approximate surface area is 183 Å². The largest absolute Gasteiger partial charge is 0.469 e. The van der Waals surface area contributed by atoms with E-state index in [1.807, 2.05) is 6.92 Å². The van der Waals surface area contributed by atoms with Crippen molar-refractivity contribution >= 4 is 45.9 Å². The number of nitrogens with one attached hydrogen (secondary N) is 2. The molecule has 0 atom stereocenters. The third-order valence-electron chi connectivity index (χ3n) is 4.27. The molecule has 0 aliphatic carbocycles. The number of hydrogen-bond acceptors (Lipinski definition) is 6. The minimum Gasteiger partial charge on any atom is -0.469 e. The number of likely N-dealkylation sites (tertiary alicyclic amines) is 1. The van der Waals surface area contributed by atoms with Crippen molar-refractivity contribution in [3.8, 4) is 0 Å². The van der Waals surface area contributed by atoms with Crippen molar-refractivity contribution in [1.29, 1.82) is 0 Å². The fraction of sp³-hybridized carbons (Fsp3) is 0.588. The van der Waals surface area contributed by atoms with Gasteiger partial charge in [-0.1, -0.05) is 0 Å². The van der Waals surface area contributed by atoms with Crippen LogP contribution in [-0.4, -0.2) is 70.1 Å². The zero-order valence-corrected chi connectivity index (χ0v) is 19.3. The molecular formula is C17H28IN5O4S. The highest BCUT2D eigenvalue weighted by Crippen LogP contribution is 2.18. The van der Waals surface area contributed by atoms with Crippen LogP contribution in [0.3, 0.4) is 0 Å². The monoisotopic (exact) mass is 525 g/mol. The van der Waals surface area contributed by atoms with Gasteiger partial charge in [-0.2, -0.15) is 0 Å². The summed E-state index contributed by atoms with van der Waals surface area (Å²) in [6, 6.07) is 3.07. The number of halogens is 1. The molecule has 0 saturated carbocycles. The molecule has 1 aromatic rings. The second-order valence-electron chi connectivity index (χ2n) is 6.11. The normalized spacial score (nSPS) is 15.6. The van der Waals surface area contributed by atoms with E-state index in [9.17, 15) is 13.2 Å². The summed E-state index contributed by atoms with van der Waals surface area (Å²) in [5.41, 5.74) is 0. The van der Waals surface area contributed by atoms with E-state index in [1.165, 1.54) is 25.6 Å². The molecule has 11 heteroatoms. The summed E-state index contributed by atoms with van der Waals surface area (Å²) >= 11 is 0. The number of nitrogens with zero attached hydrogens (tertiary/aromatic N) is 3. The smallest absolute Gasteiger partial charge is 0.308 e. The molecule has 0 amide bonds. The number of aliphatic imine (C=N–C) groups is 1. The lowest BCUT2D eigenvalue weighted by atomic mass is 9.97. The summed E-state index contributed by atoms with van der Waals surface area (Å²) < 4.78 is 31.7. The van der Waals surface area contributed by atoms with Crippen LogP contribution in [0.4, 0.5) is 0 Å². The first-order chi connectivity index (χ1) is 13.0. The van der Waals surface area contributed by atoms with Crippen LogP contribution >= 0.6 is 24.0 Å². The van der Waals surface area contributed by atoms with Crippen molar-refractivity contribution in [1.82, 2.24) is 19.9 Å². The lowest BCUT2D eigenvalue weighted by molar-refractivity contribution is -0.146. The number of methoxy groups -OCH3 is 1. The van der Waals surface area contributed by atoms with Crippen LogP contribution in [0.1, 0.15) is 19.8 Å². The first-order valence-corrected chi connectivity index (χ1v) is 10.5. The predicted octanol–water partition coefficient (Wildman–Crippen LogP) is 0.828. The molecule has 1 aliphatic heterocycles. The van der Waals surface area contributed by atoms with E-state index >= 15 is 0 Å². The average molecular weight is 525 g/mol. The molecule has 2 rings (SSSR count). The van der Waals surface area contributed by atoms with Gasteiger partial charge in [0.25, 0.3) is 0 Å². The Morgan fingerprint density at radius 3 is 2.68 bits per heavy atom. The third-order valence-corrected chi connectivity index (χ3v) is 5.72. The van der Waals surface area contributed by atoms with E-state index in [1.54, 1.807) is 6.07 Å². The predicted molar refractivity (Wildman–Crippen MR) is 117 cm³/mol. The zero-order valence-electron chi connectivity index (χ0n) is 16.1. The van der Waals surface area contributed by atoms with Gasteiger partial charge in [-0.25, -0.2) is 13.1 Å². The van der Waals surface area contributed by atoms with Crippen molar-refractivity contribution in [2.45, 2.75) is 24.7 Å². The van der Waals surface area contributed by atoms with E-state index < -0.39 is 10.0 Å². The maximum absolute atomic E-state index is 12.2. The Morgan fingerprint density at radius 1 is 1.39 bits per heavy atom. The van der Waals surface area contributed by atoms with Crippen molar-refractivity contribution in [2.75, 3.05) is 39.8 Å². The number of carbonyl (C=O) groups excluding carboxylic acids is 1. The van der Waals surface area contributed by atoms with E-state index in [0.29, 0.717) is 39.0 Å². The van der Waals surface area contributed by atoms with Gasteiger partial charge < -0.3 is 15.0 Å². The third kappa shape index (κ3) is 7.17. The number of rotatable bonds is 7. The van der Waals surface area contributed by atoms with Crippen LogP contribution in [0.5, 0.6) is 0 Å². The molecule has 1 aliphatic rings. The Kier molecular flexibility index (Phi) is 10.7. The van der Waals surface area contributed by atoms with Gasteiger partial charge in [0.1, 0.15) is 4.90 Å². The quantitative estimate of drug-likeness (QED) is 0.178. The van der Waals surface area contributed by atoms with Gasteiger partial charge >= 0.3 is 5.97 Å². The molecule has 1 saturated heterocycles. The molecule has 0 aromatic carbocycles. The molecule has 1 aromatic heterocycles. The van der Waals surface area contributed by atoms with Gasteiger partial charge in [-0.3, -0.25) is 14.8 Å². The topological polar surface area (TPSA) is 113 Å². The fourth-order valence-electron chi connectivity index (χ4n) is 2.85. The van der Waals surface area contributed by atoms with Crippen molar-refractivity contribution in [3.63, 3.8) is 0 Å². The maximum Gasteiger partial charge on any atom is 0.308 e. The van der Waals surface area contributed by atoms with Gasteiger partial charge in [0.15, 0.2) is 5.96 Å². The highest BCUT2D eigenvalue weighted by molar-refractivity contribution is 14.0. The van der Waals surface area contributed by atoms with Crippen LogP contribution in [0.25, 0.3) is 0 Å². The number of pyridine rings is 1. The van der Waals surface area contributed by atoms with Crippen molar-refractivity contribution in [2.24, 2.45) is 10.9 Å². The molecule has 2 N–H and O–H groups in total. The second kappa shape index (κ2) is 12.2. The summed E-state index contributed by atoms with van der Waals surface area (Å²) in [6.07, 6.45) is 4.26. The molecule has 0 bridgehead atoms. The molecule has 28 heavy (non-hydrogen) atoms. The molecular weight excluding hydrogens is 497 g/mol. The number of guanidine groups is 1. The van der Waals surface area contributed by atoms with Gasteiger partial charge in [0, 0.05) is 38.6 Å². The highest BCUT2D eigenvalue weighted by atomic mass is 127. The van der Waals surface area contributed by atoms with Crippen LogP contribution in [0, 0.1) is 5.92 Å². The molecule has 9 nitrogen and oxygen atoms in total. The summed E-state index contributed by atoms with van der Waals surface area (Å²) in [5, 5.41) is 3.21. The van der Waals surface area contributed by atoms with Gasteiger partial charge in [0.2, 0.25) is 10.0 Å². The summed E-state index contributed by atoms with van der Waals surface area (Å²) in [5.74, 6) is 0.489. The zero-order chi connectivity index (χ0) is 19.7. The number of hydrogen-bond donors (Lipinski definition) is 2. The summed E-state index contributed by atoms with van der Waals surface area (Å²) in [7, 11) is -2.17. The maximum atomic E-state index is 12.2. The molecule has 2 heterocycles. The number of piperidine rings is 1. The van der Waals surface area contributed by atoms with Crippen LogP contribution in [0.2, 0.25) is 0 Å². The van der Waals surface area contributed by atoms with Gasteiger partial charge in [-0.15, -0.1) is 24.0 Å². The standard InChI is InChI=1S/C17H27N5O4S.HI/c1-3-19-17(22-11-6-14(7-12-22)16(23)26-2)20-9-10-21-27(24,25)15-5-4-8-18-13-15;/h4-5,8,13-14,21H,3,6-7,9-12H2,1-2H3,(H,19,20);1H. The fourth-order valence-corrected chi connectivity index (χ4v) is 3.83. The first-order valence-electron chi connectivity index (χ1n) is 8.98. The molecule has 0 spiro atoms. The number of carbonyl (C=O) groups is 1. The molecule has 158 valence electrons. The minimum atomic E-state index is -3.58. The van der Waals surface area contributed by atoms with Gasteiger partial charge in [0.05, 0.1) is 19.6 Å². The van der Waals surface area contributed by atoms with Crippen LogP contribution in [0.15, 0.2) is 34.4 Å². The SMILES string of the molecule is CCNC(=NCCNS(=O)(=O)c1cccnc1)N1CCC(C(=O)OC)CC1.I. The Hall–Kier alpha value is -1.47. The molecule has 0 unspecified atom stereocenters. The Balaban J connectivity index is 0.00000392. The van der Waals surface area contributed by atoms with E-state index in [2.05, 4.69) is 24.9 Å². The van der Waals surface area contributed by atoms with E-state index in [0.717, 1.165) is 5.96 Å². The highest BCUT2D eigenvalue weighted by Gasteiger charge is 2.26. The van der Waals surface area contributed by atoms with E-state index in [4.69, 9.17) is 4.74 Å². The number of ether oxygens (including phenoxy) is 1. The summed E-state index contributed by atoms with van der Waals surface area (Å²) in [6.45, 7) is 4.57. The Bertz CT molecular complexity index is 737. The molecule has 0 radical (unpaired) electrons. The number of esters is 1. The van der Waals surface area contributed by atoms with Crippen molar-refractivity contribution in [3.05, 3.63) is 24.5 Å². The molecule has 1 fully saturated rings.